The lowest BCUT2D eigenvalue weighted by atomic mass is 9.99. The number of nitrogens with zero attached hydrogens (tertiary/aromatic N) is 5. The summed E-state index contributed by atoms with van der Waals surface area (Å²) in [6.07, 6.45) is 1.28. The summed E-state index contributed by atoms with van der Waals surface area (Å²) in [4.78, 5) is 25.4. The largest absolute Gasteiger partial charge is 0.481 e. The normalized spacial score (nSPS) is 19.6. The molecule has 0 saturated carbocycles. The zero-order chi connectivity index (χ0) is 13.1. The van der Waals surface area contributed by atoms with Crippen molar-refractivity contribution in [3.63, 3.8) is 0 Å². The minimum absolute atomic E-state index is 0.111. The molecule has 0 spiro atoms. The maximum absolute atomic E-state index is 11.8. The van der Waals surface area contributed by atoms with E-state index in [0.29, 0.717) is 19.4 Å². The van der Waals surface area contributed by atoms with Crippen LogP contribution in [0.2, 0.25) is 0 Å². The number of likely N-dealkylation sites (tertiary alicyclic amines) is 1. The number of amides is 2. The molecule has 2 rings (SSSR count). The Bertz CT molecular complexity index is 459. The molecule has 1 atom stereocenters. The predicted octanol–water partition coefficient (Wildman–Crippen LogP) is -0.461. The van der Waals surface area contributed by atoms with Gasteiger partial charge in [0.25, 0.3) is 5.95 Å². The van der Waals surface area contributed by atoms with Crippen LogP contribution in [0.5, 0.6) is 0 Å². The van der Waals surface area contributed by atoms with Gasteiger partial charge < -0.3 is 10.0 Å². The number of aromatic nitrogens is 4. The molecule has 1 aromatic rings. The Morgan fingerprint density at radius 2 is 2.28 bits per heavy atom. The molecule has 1 aromatic heterocycles. The zero-order valence-electron chi connectivity index (χ0n) is 9.91. The Balaban J connectivity index is 1.94. The van der Waals surface area contributed by atoms with E-state index in [1.165, 1.54) is 9.70 Å². The second kappa shape index (κ2) is 4.98. The fourth-order valence-electron chi connectivity index (χ4n) is 1.87. The highest BCUT2D eigenvalue weighted by atomic mass is 16.4. The van der Waals surface area contributed by atoms with Crippen molar-refractivity contribution in [3.05, 3.63) is 0 Å². The van der Waals surface area contributed by atoms with E-state index in [2.05, 4.69) is 20.7 Å². The van der Waals surface area contributed by atoms with Crippen molar-refractivity contribution < 1.29 is 14.7 Å². The van der Waals surface area contributed by atoms with Gasteiger partial charge in [-0.3, -0.25) is 10.1 Å². The number of aryl methyl sites for hydroxylation is 1. The first-order chi connectivity index (χ1) is 8.56. The molecule has 18 heavy (non-hydrogen) atoms. The molecule has 9 nitrogen and oxygen atoms in total. The number of piperidine rings is 1. The molecule has 2 N–H and O–H groups in total. The summed E-state index contributed by atoms with van der Waals surface area (Å²) >= 11 is 0. The highest BCUT2D eigenvalue weighted by Gasteiger charge is 2.28. The van der Waals surface area contributed by atoms with Gasteiger partial charge in [0, 0.05) is 13.1 Å². The molecule has 0 bridgehead atoms. The Labute approximate surface area is 103 Å². The second-order valence-corrected chi connectivity index (χ2v) is 4.16. The molecule has 9 heteroatoms. The predicted molar refractivity (Wildman–Crippen MR) is 59.7 cm³/mol. The molecule has 98 valence electrons. The lowest BCUT2D eigenvalue weighted by molar-refractivity contribution is -0.143. The van der Waals surface area contributed by atoms with Crippen molar-refractivity contribution in [1.29, 1.82) is 0 Å². The number of anilines is 1. The molecule has 2 amide bonds. The minimum Gasteiger partial charge on any atom is -0.481 e. The lowest BCUT2D eigenvalue weighted by Gasteiger charge is -2.30. The molecule has 1 saturated heterocycles. The van der Waals surface area contributed by atoms with Gasteiger partial charge in [0.15, 0.2) is 0 Å². The topological polar surface area (TPSA) is 113 Å². The van der Waals surface area contributed by atoms with Crippen molar-refractivity contribution in [2.24, 2.45) is 13.0 Å². The Morgan fingerprint density at radius 3 is 2.89 bits per heavy atom. The van der Waals surface area contributed by atoms with Crippen LogP contribution >= 0.6 is 0 Å². The molecule has 0 radical (unpaired) electrons. The van der Waals surface area contributed by atoms with Crippen molar-refractivity contribution in [3.8, 4) is 0 Å². The number of tetrazole rings is 1. The summed E-state index contributed by atoms with van der Waals surface area (Å²) in [7, 11) is 1.59. The summed E-state index contributed by atoms with van der Waals surface area (Å²) in [5.74, 6) is -1.26. The van der Waals surface area contributed by atoms with Crippen LogP contribution in [-0.2, 0) is 11.8 Å². The van der Waals surface area contributed by atoms with Gasteiger partial charge in [-0.25, -0.2) is 4.79 Å². The van der Waals surface area contributed by atoms with Gasteiger partial charge in [0.2, 0.25) is 0 Å². The van der Waals surface area contributed by atoms with Crippen LogP contribution in [0, 0.1) is 5.92 Å². The molecule has 1 aliphatic rings. The number of carboxylic acids is 1. The Hall–Kier alpha value is -2.19. The average Bonchev–Trinajstić information content (AvgIpc) is 2.75. The van der Waals surface area contributed by atoms with E-state index in [-0.39, 0.29) is 12.5 Å². The first-order valence-electron chi connectivity index (χ1n) is 5.59. The number of hydrogen-bond acceptors (Lipinski definition) is 5. The van der Waals surface area contributed by atoms with Crippen LogP contribution in [0.15, 0.2) is 0 Å². The van der Waals surface area contributed by atoms with E-state index in [9.17, 15) is 9.59 Å². The van der Waals surface area contributed by atoms with Gasteiger partial charge in [-0.05, 0) is 18.1 Å². The van der Waals surface area contributed by atoms with Gasteiger partial charge in [0.1, 0.15) is 0 Å². The van der Waals surface area contributed by atoms with Crippen LogP contribution in [0.25, 0.3) is 0 Å². The summed E-state index contributed by atoms with van der Waals surface area (Å²) in [5.41, 5.74) is 0. The van der Waals surface area contributed by atoms with Crippen LogP contribution in [0.3, 0.4) is 0 Å². The number of aliphatic carboxylic acids is 1. The van der Waals surface area contributed by atoms with E-state index >= 15 is 0 Å². The third kappa shape index (κ3) is 2.73. The SMILES string of the molecule is Cn1nnc(NC(=O)N2CCCC(C(=O)O)C2)n1. The standard InChI is InChI=1S/C9H14N6O3/c1-14-12-8(11-13-14)10-9(18)15-4-2-3-6(5-15)7(16)17/h6H,2-5H2,1H3,(H,16,17)(H,10,12,18). The third-order valence-corrected chi connectivity index (χ3v) is 2.78. The van der Waals surface area contributed by atoms with Crippen LogP contribution in [-0.4, -0.2) is 55.3 Å². The molecule has 1 unspecified atom stereocenters. The summed E-state index contributed by atoms with van der Waals surface area (Å²) in [6, 6.07) is -0.394. The number of urea groups is 1. The van der Waals surface area contributed by atoms with Gasteiger partial charge in [-0.1, -0.05) is 5.10 Å². The smallest absolute Gasteiger partial charge is 0.324 e. The van der Waals surface area contributed by atoms with E-state index < -0.39 is 17.9 Å². The fourth-order valence-corrected chi connectivity index (χ4v) is 1.87. The Morgan fingerprint density at radius 1 is 1.50 bits per heavy atom. The van der Waals surface area contributed by atoms with Crippen molar-refractivity contribution in [2.45, 2.75) is 12.8 Å². The fraction of sp³-hybridized carbons (Fsp3) is 0.667. The number of carbonyl (C=O) groups is 2. The van der Waals surface area contributed by atoms with Crippen molar-refractivity contribution >= 4 is 17.9 Å². The molecule has 0 aliphatic carbocycles. The highest BCUT2D eigenvalue weighted by molar-refractivity contribution is 5.87. The maximum Gasteiger partial charge on any atom is 0.324 e. The van der Waals surface area contributed by atoms with Crippen LogP contribution in [0.1, 0.15) is 12.8 Å². The van der Waals surface area contributed by atoms with Gasteiger partial charge >= 0.3 is 12.0 Å². The van der Waals surface area contributed by atoms with E-state index in [1.54, 1.807) is 7.05 Å². The number of nitrogens with one attached hydrogen (secondary N) is 1. The minimum atomic E-state index is -0.870. The second-order valence-electron chi connectivity index (χ2n) is 4.16. The number of carboxylic acid groups (broad SMARTS) is 1. The van der Waals surface area contributed by atoms with Crippen LogP contribution < -0.4 is 5.32 Å². The first-order valence-corrected chi connectivity index (χ1v) is 5.59. The average molecular weight is 254 g/mol. The van der Waals surface area contributed by atoms with Crippen molar-refractivity contribution in [1.82, 2.24) is 25.1 Å². The zero-order valence-corrected chi connectivity index (χ0v) is 9.91. The number of hydrogen-bond donors (Lipinski definition) is 2. The molecule has 0 aromatic carbocycles. The summed E-state index contributed by atoms with van der Waals surface area (Å²) < 4.78 is 0. The van der Waals surface area contributed by atoms with Crippen molar-refractivity contribution in [2.75, 3.05) is 18.4 Å². The molecule has 2 heterocycles. The molecular weight excluding hydrogens is 240 g/mol. The van der Waals surface area contributed by atoms with Gasteiger partial charge in [-0.2, -0.15) is 4.80 Å². The van der Waals surface area contributed by atoms with E-state index in [4.69, 9.17) is 5.11 Å². The Kier molecular flexibility index (Phi) is 3.40. The van der Waals surface area contributed by atoms with Gasteiger partial charge in [0.05, 0.1) is 13.0 Å². The first kappa shape index (κ1) is 12.3. The number of carbonyl (C=O) groups excluding carboxylic acids is 1. The molecule has 1 fully saturated rings. The monoisotopic (exact) mass is 254 g/mol. The molecular formula is C9H14N6O3. The number of rotatable bonds is 2. The lowest BCUT2D eigenvalue weighted by Crippen LogP contribution is -2.44. The summed E-state index contributed by atoms with van der Waals surface area (Å²) in [5, 5.41) is 22.5. The molecule has 1 aliphatic heterocycles. The highest BCUT2D eigenvalue weighted by Crippen LogP contribution is 2.17. The third-order valence-electron chi connectivity index (χ3n) is 2.78. The van der Waals surface area contributed by atoms with Crippen LogP contribution in [0.4, 0.5) is 10.7 Å². The van der Waals surface area contributed by atoms with E-state index in [0.717, 1.165) is 0 Å². The van der Waals surface area contributed by atoms with E-state index in [1.807, 2.05) is 0 Å². The maximum atomic E-state index is 11.8. The van der Waals surface area contributed by atoms with Gasteiger partial charge in [-0.15, -0.1) is 5.10 Å². The quantitative estimate of drug-likeness (QED) is 0.738. The summed E-state index contributed by atoms with van der Waals surface area (Å²) in [6.45, 7) is 0.747.